The summed E-state index contributed by atoms with van der Waals surface area (Å²) in [4.78, 5) is 18.9. The van der Waals surface area contributed by atoms with Crippen LogP contribution in [0.1, 0.15) is 61.1 Å². The van der Waals surface area contributed by atoms with E-state index in [9.17, 15) is 4.79 Å². The van der Waals surface area contributed by atoms with Gasteiger partial charge in [0.15, 0.2) is 5.82 Å². The number of amides is 1. The molecule has 0 aromatic carbocycles. The third-order valence-electron chi connectivity index (χ3n) is 4.29. The molecule has 2 aromatic heterocycles. The first-order valence-electron chi connectivity index (χ1n) is 7.99. The van der Waals surface area contributed by atoms with E-state index in [0.717, 1.165) is 5.69 Å². The number of hydrogen-bond acceptors (Lipinski definition) is 6. The molecule has 0 saturated carbocycles. The number of aryl methyl sites for hydroxylation is 1. The van der Waals surface area contributed by atoms with Gasteiger partial charge in [-0.1, -0.05) is 25.9 Å². The van der Waals surface area contributed by atoms with Crippen molar-refractivity contribution in [1.29, 1.82) is 0 Å². The average Bonchev–Trinajstić information content (AvgIpc) is 3.24. The molecule has 1 aliphatic heterocycles. The highest BCUT2D eigenvalue weighted by Gasteiger charge is 2.40. The van der Waals surface area contributed by atoms with E-state index in [-0.39, 0.29) is 23.5 Å². The Morgan fingerprint density at radius 2 is 2.21 bits per heavy atom. The standard InChI is InChI=1S/C16H23N5O3/c1-9-17-14(24-20-9)12-6-10(23-5)8-21(12)15(22)11-7-13(19-18-11)16(2,3)4/h7,10,12H,6,8H2,1-5H3,(H,18,19)/t10-,12+/m0/s1. The van der Waals surface area contributed by atoms with Crippen LogP contribution < -0.4 is 0 Å². The lowest BCUT2D eigenvalue weighted by Crippen LogP contribution is -2.32. The molecule has 2 atom stereocenters. The Kier molecular flexibility index (Phi) is 4.16. The summed E-state index contributed by atoms with van der Waals surface area (Å²) in [5.74, 6) is 0.821. The molecule has 0 bridgehead atoms. The quantitative estimate of drug-likeness (QED) is 0.922. The molecule has 0 spiro atoms. The molecule has 3 rings (SSSR count). The third-order valence-corrected chi connectivity index (χ3v) is 4.29. The van der Waals surface area contributed by atoms with E-state index in [1.54, 1.807) is 25.0 Å². The van der Waals surface area contributed by atoms with E-state index in [0.29, 0.717) is 30.4 Å². The summed E-state index contributed by atoms with van der Waals surface area (Å²) in [5.41, 5.74) is 1.20. The van der Waals surface area contributed by atoms with Crippen molar-refractivity contribution in [3.8, 4) is 0 Å². The summed E-state index contributed by atoms with van der Waals surface area (Å²) in [6, 6.07) is 1.51. The number of aromatic amines is 1. The fourth-order valence-corrected chi connectivity index (χ4v) is 2.84. The van der Waals surface area contributed by atoms with Gasteiger partial charge in [0.2, 0.25) is 5.89 Å². The van der Waals surface area contributed by atoms with Crippen molar-refractivity contribution >= 4 is 5.91 Å². The van der Waals surface area contributed by atoms with Gasteiger partial charge in [0, 0.05) is 31.2 Å². The van der Waals surface area contributed by atoms with Gasteiger partial charge < -0.3 is 14.2 Å². The maximum absolute atomic E-state index is 12.9. The number of carbonyl (C=O) groups is 1. The number of likely N-dealkylation sites (tertiary alicyclic amines) is 1. The van der Waals surface area contributed by atoms with Gasteiger partial charge in [-0.15, -0.1) is 0 Å². The second kappa shape index (κ2) is 6.01. The van der Waals surface area contributed by atoms with Crippen LogP contribution in [0.4, 0.5) is 0 Å². The molecule has 8 nitrogen and oxygen atoms in total. The highest BCUT2D eigenvalue weighted by atomic mass is 16.5. The lowest BCUT2D eigenvalue weighted by Gasteiger charge is -2.20. The molecule has 0 aliphatic carbocycles. The number of H-pyrrole nitrogens is 1. The van der Waals surface area contributed by atoms with E-state index in [4.69, 9.17) is 9.26 Å². The predicted octanol–water partition coefficient (Wildman–Crippen LogP) is 2.00. The predicted molar refractivity (Wildman–Crippen MR) is 85.5 cm³/mol. The Morgan fingerprint density at radius 3 is 2.75 bits per heavy atom. The molecule has 1 fully saturated rings. The topological polar surface area (TPSA) is 97.1 Å². The molecular formula is C16H23N5O3. The first-order valence-corrected chi connectivity index (χ1v) is 7.99. The number of carbonyl (C=O) groups excluding carboxylic acids is 1. The second-order valence-electron chi connectivity index (χ2n) is 7.16. The fourth-order valence-electron chi connectivity index (χ4n) is 2.84. The van der Waals surface area contributed by atoms with E-state index in [1.807, 2.05) is 0 Å². The van der Waals surface area contributed by atoms with Crippen LogP contribution in [0, 0.1) is 6.92 Å². The number of nitrogens with one attached hydrogen (secondary N) is 1. The van der Waals surface area contributed by atoms with Crippen molar-refractivity contribution in [2.24, 2.45) is 0 Å². The lowest BCUT2D eigenvalue weighted by molar-refractivity contribution is 0.0665. The van der Waals surface area contributed by atoms with Crippen molar-refractivity contribution in [2.45, 2.75) is 51.7 Å². The molecule has 24 heavy (non-hydrogen) atoms. The zero-order valence-corrected chi connectivity index (χ0v) is 14.7. The maximum atomic E-state index is 12.9. The zero-order valence-electron chi connectivity index (χ0n) is 14.7. The van der Waals surface area contributed by atoms with Crippen molar-refractivity contribution in [2.75, 3.05) is 13.7 Å². The Morgan fingerprint density at radius 1 is 1.46 bits per heavy atom. The zero-order chi connectivity index (χ0) is 17.5. The Bertz CT molecular complexity index is 730. The molecule has 0 unspecified atom stereocenters. The first-order chi connectivity index (χ1) is 11.3. The van der Waals surface area contributed by atoms with Gasteiger partial charge >= 0.3 is 0 Å². The highest BCUT2D eigenvalue weighted by Crippen LogP contribution is 2.33. The monoisotopic (exact) mass is 333 g/mol. The van der Waals surface area contributed by atoms with Crippen LogP contribution in [0.3, 0.4) is 0 Å². The highest BCUT2D eigenvalue weighted by molar-refractivity contribution is 5.93. The Hall–Kier alpha value is -2.22. The van der Waals surface area contributed by atoms with Gasteiger partial charge in [0.05, 0.1) is 6.10 Å². The number of aromatic nitrogens is 4. The molecule has 8 heteroatoms. The minimum absolute atomic E-state index is 0.0628. The van der Waals surface area contributed by atoms with Gasteiger partial charge in [0.25, 0.3) is 5.91 Å². The van der Waals surface area contributed by atoms with Crippen LogP contribution in [0.2, 0.25) is 0 Å². The van der Waals surface area contributed by atoms with Crippen LogP contribution in [0.25, 0.3) is 0 Å². The van der Waals surface area contributed by atoms with Crippen LogP contribution in [0.5, 0.6) is 0 Å². The van der Waals surface area contributed by atoms with E-state index >= 15 is 0 Å². The van der Waals surface area contributed by atoms with Gasteiger partial charge in [-0.2, -0.15) is 10.1 Å². The summed E-state index contributed by atoms with van der Waals surface area (Å²) >= 11 is 0. The molecule has 1 aliphatic rings. The van der Waals surface area contributed by atoms with E-state index in [1.165, 1.54) is 0 Å². The summed E-state index contributed by atoms with van der Waals surface area (Å²) < 4.78 is 10.7. The third kappa shape index (κ3) is 3.06. The minimum Gasteiger partial charge on any atom is -0.380 e. The van der Waals surface area contributed by atoms with E-state index in [2.05, 4.69) is 41.1 Å². The SMILES string of the molecule is CO[C@H]1C[C@H](c2nc(C)no2)N(C(=O)c2cc(C(C)(C)C)[nH]n2)C1. The van der Waals surface area contributed by atoms with Gasteiger partial charge in [-0.05, 0) is 13.0 Å². The lowest BCUT2D eigenvalue weighted by atomic mass is 9.92. The fraction of sp³-hybridized carbons (Fsp3) is 0.625. The number of ether oxygens (including phenoxy) is 1. The van der Waals surface area contributed by atoms with Crippen LogP contribution in [-0.4, -0.2) is 50.9 Å². The van der Waals surface area contributed by atoms with Crippen LogP contribution in [0.15, 0.2) is 10.6 Å². The van der Waals surface area contributed by atoms with Crippen molar-refractivity contribution in [3.63, 3.8) is 0 Å². The molecule has 130 valence electrons. The second-order valence-corrected chi connectivity index (χ2v) is 7.16. The molecule has 3 heterocycles. The Balaban J connectivity index is 1.87. The molecule has 2 aromatic rings. The van der Waals surface area contributed by atoms with Gasteiger partial charge in [-0.25, -0.2) is 0 Å². The number of methoxy groups -OCH3 is 1. The molecule has 0 radical (unpaired) electrons. The minimum atomic E-state index is -0.293. The normalized spacial score (nSPS) is 21.5. The number of hydrogen-bond donors (Lipinski definition) is 1. The summed E-state index contributed by atoms with van der Waals surface area (Å²) in [6.07, 6.45) is 0.563. The Labute approximate surface area is 140 Å². The van der Waals surface area contributed by atoms with Gasteiger partial charge in [-0.3, -0.25) is 9.89 Å². The first kappa shape index (κ1) is 16.6. The van der Waals surface area contributed by atoms with Crippen molar-refractivity contribution in [3.05, 3.63) is 29.2 Å². The molecule has 1 N–H and O–H groups in total. The maximum Gasteiger partial charge on any atom is 0.275 e. The van der Waals surface area contributed by atoms with Crippen molar-refractivity contribution < 1.29 is 14.1 Å². The largest absolute Gasteiger partial charge is 0.380 e. The summed E-state index contributed by atoms with van der Waals surface area (Å²) in [7, 11) is 1.64. The van der Waals surface area contributed by atoms with Gasteiger partial charge in [0.1, 0.15) is 11.7 Å². The summed E-state index contributed by atoms with van der Waals surface area (Å²) in [6.45, 7) is 8.42. The van der Waals surface area contributed by atoms with Crippen LogP contribution in [-0.2, 0) is 10.2 Å². The van der Waals surface area contributed by atoms with E-state index < -0.39 is 0 Å². The molecule has 1 amide bonds. The summed E-state index contributed by atoms with van der Waals surface area (Å²) in [5, 5.41) is 11.0. The average molecular weight is 333 g/mol. The van der Waals surface area contributed by atoms with Crippen molar-refractivity contribution in [1.82, 2.24) is 25.2 Å². The smallest absolute Gasteiger partial charge is 0.275 e. The molecular weight excluding hydrogens is 310 g/mol. The molecule has 1 saturated heterocycles. The van der Waals surface area contributed by atoms with Crippen LogP contribution >= 0.6 is 0 Å². The number of nitrogens with zero attached hydrogens (tertiary/aromatic N) is 4. The number of rotatable bonds is 3.